The van der Waals surface area contributed by atoms with Crippen LogP contribution in [-0.4, -0.2) is 31.8 Å². The van der Waals surface area contributed by atoms with Gasteiger partial charge in [-0.1, -0.05) is 12.1 Å². The molecule has 0 unspecified atom stereocenters. The highest BCUT2D eigenvalue weighted by atomic mass is 32.2. The second-order valence-electron chi connectivity index (χ2n) is 5.59. The lowest BCUT2D eigenvalue weighted by atomic mass is 10.3. The Labute approximate surface area is 156 Å². The second kappa shape index (κ2) is 7.92. The first-order chi connectivity index (χ1) is 13.0. The third-order valence-electron chi connectivity index (χ3n) is 3.79. The first-order valence-corrected chi connectivity index (χ1v) is 9.49. The zero-order chi connectivity index (χ0) is 19.3. The number of aromatic nitrogens is 2. The average Bonchev–Trinajstić information content (AvgIpc) is 3.20. The fourth-order valence-corrected chi connectivity index (χ4v) is 3.84. The first kappa shape index (κ1) is 18.5. The first-order valence-electron chi connectivity index (χ1n) is 8.01. The van der Waals surface area contributed by atoms with Gasteiger partial charge in [0, 0.05) is 24.0 Å². The smallest absolute Gasteiger partial charge is 0.319 e. The predicted molar refractivity (Wildman–Crippen MR) is 99.3 cm³/mol. The fourth-order valence-electron chi connectivity index (χ4n) is 2.42. The number of hydrogen-bond acceptors (Lipinski definition) is 5. The van der Waals surface area contributed by atoms with Crippen LogP contribution in [0.5, 0.6) is 5.75 Å². The van der Waals surface area contributed by atoms with Gasteiger partial charge in [-0.15, -0.1) is 0 Å². The van der Waals surface area contributed by atoms with Gasteiger partial charge in [0.15, 0.2) is 0 Å². The molecule has 0 saturated heterocycles. The largest absolute Gasteiger partial charge is 0.495 e. The van der Waals surface area contributed by atoms with Crippen molar-refractivity contribution in [1.29, 1.82) is 0 Å². The van der Waals surface area contributed by atoms with Crippen molar-refractivity contribution in [3.63, 3.8) is 0 Å². The molecule has 0 aliphatic carbocycles. The van der Waals surface area contributed by atoms with E-state index in [1.54, 1.807) is 30.6 Å². The molecular formula is C18H18N4O4S. The minimum Gasteiger partial charge on any atom is -0.495 e. The number of sulfone groups is 1. The van der Waals surface area contributed by atoms with E-state index in [0.29, 0.717) is 12.2 Å². The van der Waals surface area contributed by atoms with Gasteiger partial charge < -0.3 is 15.4 Å². The van der Waals surface area contributed by atoms with E-state index >= 15 is 0 Å². The van der Waals surface area contributed by atoms with Gasteiger partial charge in [0.1, 0.15) is 10.6 Å². The van der Waals surface area contributed by atoms with Crippen LogP contribution in [0.25, 0.3) is 0 Å². The van der Waals surface area contributed by atoms with Crippen molar-refractivity contribution < 1.29 is 17.9 Å². The summed E-state index contributed by atoms with van der Waals surface area (Å²) in [6, 6.07) is 11.9. The molecule has 0 fully saturated rings. The Bertz CT molecular complexity index is 1020. The number of urea groups is 1. The number of hydrogen-bond donors (Lipinski definition) is 3. The van der Waals surface area contributed by atoms with E-state index in [4.69, 9.17) is 4.74 Å². The minimum absolute atomic E-state index is 0.0889. The highest BCUT2D eigenvalue weighted by Crippen LogP contribution is 2.29. The Hall–Kier alpha value is -3.33. The molecule has 0 aliphatic rings. The van der Waals surface area contributed by atoms with Gasteiger partial charge in [0.2, 0.25) is 9.84 Å². The summed E-state index contributed by atoms with van der Waals surface area (Å²) < 4.78 is 30.7. The van der Waals surface area contributed by atoms with Gasteiger partial charge in [0.05, 0.1) is 18.2 Å². The number of rotatable bonds is 6. The van der Waals surface area contributed by atoms with Gasteiger partial charge in [-0.3, -0.25) is 5.10 Å². The molecule has 0 radical (unpaired) electrons. The topological polar surface area (TPSA) is 113 Å². The maximum Gasteiger partial charge on any atom is 0.319 e. The summed E-state index contributed by atoms with van der Waals surface area (Å²) in [5, 5.41) is 11.8. The Balaban J connectivity index is 1.70. The van der Waals surface area contributed by atoms with Crippen molar-refractivity contribution in [3.8, 4) is 5.75 Å². The third-order valence-corrected chi connectivity index (χ3v) is 5.60. The molecule has 0 aliphatic heterocycles. The number of para-hydroxylation sites is 1. The normalized spacial score (nSPS) is 11.0. The number of ether oxygens (including phenoxy) is 1. The van der Waals surface area contributed by atoms with Crippen LogP contribution < -0.4 is 15.4 Å². The Morgan fingerprint density at radius 1 is 1.15 bits per heavy atom. The molecule has 8 nitrogen and oxygen atoms in total. The van der Waals surface area contributed by atoms with E-state index in [1.165, 1.54) is 37.4 Å². The number of amides is 2. The third kappa shape index (κ3) is 4.26. The van der Waals surface area contributed by atoms with Gasteiger partial charge in [0.25, 0.3) is 0 Å². The van der Waals surface area contributed by atoms with E-state index in [2.05, 4.69) is 20.8 Å². The number of nitrogens with one attached hydrogen (secondary N) is 3. The van der Waals surface area contributed by atoms with Gasteiger partial charge in [-0.25, -0.2) is 13.2 Å². The van der Waals surface area contributed by atoms with Crippen molar-refractivity contribution in [2.75, 3.05) is 12.4 Å². The SMILES string of the molecule is COc1ccccc1S(=O)(=O)c1ccc(NC(=O)NCc2cn[nH]c2)cc1. The van der Waals surface area contributed by atoms with Gasteiger partial charge >= 0.3 is 6.03 Å². The fraction of sp³-hybridized carbons (Fsp3) is 0.111. The number of carbonyl (C=O) groups excluding carboxylic acids is 1. The van der Waals surface area contributed by atoms with Crippen LogP contribution in [0.2, 0.25) is 0 Å². The molecule has 9 heteroatoms. The van der Waals surface area contributed by atoms with Crippen molar-refractivity contribution >= 4 is 21.6 Å². The summed E-state index contributed by atoms with van der Waals surface area (Å²) in [5.74, 6) is 0.276. The van der Waals surface area contributed by atoms with Crippen LogP contribution in [0.4, 0.5) is 10.5 Å². The van der Waals surface area contributed by atoms with E-state index in [9.17, 15) is 13.2 Å². The quantitative estimate of drug-likeness (QED) is 0.603. The average molecular weight is 386 g/mol. The van der Waals surface area contributed by atoms with Gasteiger partial charge in [-0.05, 0) is 36.4 Å². The van der Waals surface area contributed by atoms with Crippen molar-refractivity contribution in [2.24, 2.45) is 0 Å². The monoisotopic (exact) mass is 386 g/mol. The summed E-state index contributed by atoms with van der Waals surface area (Å²) >= 11 is 0. The van der Waals surface area contributed by atoms with Crippen LogP contribution in [0, 0.1) is 0 Å². The molecule has 27 heavy (non-hydrogen) atoms. The molecule has 1 heterocycles. The maximum absolute atomic E-state index is 12.8. The second-order valence-corrected chi connectivity index (χ2v) is 7.51. The van der Waals surface area contributed by atoms with E-state index in [-0.39, 0.29) is 15.5 Å². The summed E-state index contributed by atoms with van der Waals surface area (Å²) in [4.78, 5) is 12.1. The van der Waals surface area contributed by atoms with Crippen molar-refractivity contribution in [1.82, 2.24) is 15.5 Å². The predicted octanol–water partition coefficient (Wildman–Crippen LogP) is 2.57. The van der Waals surface area contributed by atoms with Crippen molar-refractivity contribution in [3.05, 3.63) is 66.5 Å². The lowest BCUT2D eigenvalue weighted by Crippen LogP contribution is -2.28. The molecule has 2 aromatic carbocycles. The molecule has 3 N–H and O–H groups in total. The minimum atomic E-state index is -3.73. The van der Waals surface area contributed by atoms with Crippen LogP contribution in [0.1, 0.15) is 5.56 Å². The molecule has 2 amide bonds. The zero-order valence-electron chi connectivity index (χ0n) is 14.5. The molecule has 0 atom stereocenters. The molecular weight excluding hydrogens is 368 g/mol. The number of aromatic amines is 1. The molecule has 1 aromatic heterocycles. The van der Waals surface area contributed by atoms with Crippen molar-refractivity contribution in [2.45, 2.75) is 16.3 Å². The van der Waals surface area contributed by atoms with Crippen LogP contribution in [0.3, 0.4) is 0 Å². The Morgan fingerprint density at radius 2 is 1.89 bits per heavy atom. The molecule has 0 bridgehead atoms. The molecule has 140 valence electrons. The summed E-state index contributed by atoms with van der Waals surface area (Å²) in [6.45, 7) is 0.322. The molecule has 0 saturated carbocycles. The highest BCUT2D eigenvalue weighted by Gasteiger charge is 2.21. The number of benzene rings is 2. The summed E-state index contributed by atoms with van der Waals surface area (Å²) in [5.41, 5.74) is 1.31. The molecule has 3 aromatic rings. The number of nitrogens with zero attached hydrogens (tertiary/aromatic N) is 1. The number of H-pyrrole nitrogens is 1. The highest BCUT2D eigenvalue weighted by molar-refractivity contribution is 7.91. The lowest BCUT2D eigenvalue weighted by Gasteiger charge is -2.10. The lowest BCUT2D eigenvalue weighted by molar-refractivity contribution is 0.251. The number of methoxy groups -OCH3 is 1. The summed E-state index contributed by atoms with van der Waals surface area (Å²) in [7, 11) is -2.31. The van der Waals surface area contributed by atoms with Crippen LogP contribution >= 0.6 is 0 Å². The zero-order valence-corrected chi connectivity index (χ0v) is 15.3. The van der Waals surface area contributed by atoms with E-state index < -0.39 is 15.9 Å². The number of carbonyl (C=O) groups is 1. The number of anilines is 1. The summed E-state index contributed by atoms with van der Waals surface area (Å²) in [6.07, 6.45) is 3.29. The Kier molecular flexibility index (Phi) is 5.41. The van der Waals surface area contributed by atoms with Gasteiger partial charge in [-0.2, -0.15) is 5.10 Å². The van der Waals surface area contributed by atoms with E-state index in [1.807, 2.05) is 0 Å². The standard InChI is InChI=1S/C18H18N4O4S/c1-26-16-4-2-3-5-17(16)27(24,25)15-8-6-14(7-9-15)22-18(23)19-10-13-11-20-21-12-13/h2-9,11-12H,10H2,1H3,(H,20,21)(H2,19,22,23). The van der Waals surface area contributed by atoms with E-state index in [0.717, 1.165) is 5.56 Å². The molecule has 3 rings (SSSR count). The van der Waals surface area contributed by atoms with Crippen LogP contribution in [-0.2, 0) is 16.4 Å². The van der Waals surface area contributed by atoms with Crippen LogP contribution in [0.15, 0.2) is 70.7 Å². The Morgan fingerprint density at radius 3 is 2.56 bits per heavy atom. The maximum atomic E-state index is 12.8. The molecule has 0 spiro atoms.